The molecule has 0 N–H and O–H groups in total. The summed E-state index contributed by atoms with van der Waals surface area (Å²) >= 11 is 0. The molecule has 0 saturated heterocycles. The maximum Gasteiger partial charge on any atom is 0.258 e. The molecule has 0 radical (unpaired) electrons. The summed E-state index contributed by atoms with van der Waals surface area (Å²) < 4.78 is 1.91. The second-order valence-corrected chi connectivity index (χ2v) is 7.00. The Bertz CT molecular complexity index is 1180. The van der Waals surface area contributed by atoms with Gasteiger partial charge in [-0.25, -0.2) is 0 Å². The van der Waals surface area contributed by atoms with E-state index in [1.165, 1.54) is 0 Å². The van der Waals surface area contributed by atoms with E-state index in [0.717, 1.165) is 39.7 Å². The van der Waals surface area contributed by atoms with Crippen molar-refractivity contribution in [2.45, 2.75) is 13.0 Å². The van der Waals surface area contributed by atoms with E-state index in [2.05, 4.69) is 17.2 Å². The van der Waals surface area contributed by atoms with Crippen LogP contribution in [0, 0.1) is 0 Å². The smallest absolute Gasteiger partial charge is 0.258 e. The van der Waals surface area contributed by atoms with Crippen LogP contribution in [0.5, 0.6) is 0 Å². The maximum atomic E-state index is 13.5. The minimum Gasteiger partial charge on any atom is -0.304 e. The number of benzene rings is 3. The SMILES string of the molecule is Cn1ncc2c1Cc1ccccc1N(C(=O)c1ccc3ccccc3c1)C2. The molecule has 27 heavy (non-hydrogen) atoms. The summed E-state index contributed by atoms with van der Waals surface area (Å²) in [5.41, 5.74) is 5.09. The van der Waals surface area contributed by atoms with Gasteiger partial charge in [-0.15, -0.1) is 0 Å². The van der Waals surface area contributed by atoms with Crippen LogP contribution < -0.4 is 4.90 Å². The molecule has 132 valence electrons. The van der Waals surface area contributed by atoms with Crippen molar-refractivity contribution < 1.29 is 4.79 Å². The molecular weight excluding hydrogens is 334 g/mol. The van der Waals surface area contributed by atoms with Crippen LogP contribution in [0.3, 0.4) is 0 Å². The van der Waals surface area contributed by atoms with Crippen molar-refractivity contribution in [3.05, 3.63) is 95.3 Å². The molecule has 4 heteroatoms. The molecule has 0 bridgehead atoms. The number of hydrogen-bond acceptors (Lipinski definition) is 2. The van der Waals surface area contributed by atoms with Crippen LogP contribution >= 0.6 is 0 Å². The van der Waals surface area contributed by atoms with Crippen LogP contribution in [0.4, 0.5) is 5.69 Å². The van der Waals surface area contributed by atoms with E-state index >= 15 is 0 Å². The van der Waals surface area contributed by atoms with Gasteiger partial charge < -0.3 is 4.90 Å². The predicted octanol–water partition coefficient (Wildman–Crippen LogP) is 4.32. The van der Waals surface area contributed by atoms with Gasteiger partial charge in [-0.05, 0) is 34.5 Å². The molecule has 0 spiro atoms. The lowest BCUT2D eigenvalue weighted by molar-refractivity contribution is 0.0985. The van der Waals surface area contributed by atoms with Gasteiger partial charge in [-0.3, -0.25) is 9.48 Å². The van der Waals surface area contributed by atoms with Crippen molar-refractivity contribution >= 4 is 22.4 Å². The third kappa shape index (κ3) is 2.61. The molecule has 0 saturated carbocycles. The van der Waals surface area contributed by atoms with Gasteiger partial charge in [-0.1, -0.05) is 48.5 Å². The normalized spacial score (nSPS) is 13.1. The van der Waals surface area contributed by atoms with E-state index < -0.39 is 0 Å². The van der Waals surface area contributed by atoms with Gasteiger partial charge in [0.1, 0.15) is 0 Å². The molecule has 4 aromatic rings. The topological polar surface area (TPSA) is 38.1 Å². The number of carbonyl (C=O) groups excluding carboxylic acids is 1. The highest BCUT2D eigenvalue weighted by Crippen LogP contribution is 2.31. The van der Waals surface area contributed by atoms with Gasteiger partial charge in [-0.2, -0.15) is 5.10 Å². The van der Waals surface area contributed by atoms with Gasteiger partial charge in [0.2, 0.25) is 0 Å². The lowest BCUT2D eigenvalue weighted by atomic mass is 10.0. The number of aryl methyl sites for hydroxylation is 1. The minimum atomic E-state index is 0.0184. The van der Waals surface area contributed by atoms with E-state index in [-0.39, 0.29) is 5.91 Å². The van der Waals surface area contributed by atoms with E-state index in [1.54, 1.807) is 0 Å². The molecule has 1 aliphatic rings. The highest BCUT2D eigenvalue weighted by molar-refractivity contribution is 6.08. The van der Waals surface area contributed by atoms with Crippen molar-refractivity contribution in [3.63, 3.8) is 0 Å². The minimum absolute atomic E-state index is 0.0184. The Hall–Kier alpha value is -3.40. The van der Waals surface area contributed by atoms with E-state index in [0.29, 0.717) is 12.1 Å². The number of anilines is 1. The van der Waals surface area contributed by atoms with Gasteiger partial charge in [0, 0.05) is 36.0 Å². The van der Waals surface area contributed by atoms with Crippen LogP contribution in [0.25, 0.3) is 10.8 Å². The first-order valence-electron chi connectivity index (χ1n) is 9.09. The zero-order valence-electron chi connectivity index (χ0n) is 15.1. The number of hydrogen-bond donors (Lipinski definition) is 0. The summed E-state index contributed by atoms with van der Waals surface area (Å²) in [6.07, 6.45) is 2.66. The van der Waals surface area contributed by atoms with Crippen molar-refractivity contribution in [3.8, 4) is 0 Å². The standard InChI is InChI=1S/C23H19N3O/c1-25-22-13-18-8-4-5-9-21(18)26(15-20(22)14-24-25)23(27)19-11-10-16-6-2-3-7-17(16)12-19/h2-12,14H,13,15H2,1H3. The molecule has 1 aliphatic heterocycles. The quantitative estimate of drug-likeness (QED) is 0.511. The molecule has 1 aromatic heterocycles. The number of aromatic nitrogens is 2. The van der Waals surface area contributed by atoms with Crippen LogP contribution in [0.2, 0.25) is 0 Å². The largest absolute Gasteiger partial charge is 0.304 e. The fourth-order valence-electron chi connectivity index (χ4n) is 3.89. The Balaban J connectivity index is 1.62. The second kappa shape index (κ2) is 6.09. The first kappa shape index (κ1) is 15.8. The molecule has 5 rings (SSSR count). The number of fused-ring (bicyclic) bond motifs is 3. The predicted molar refractivity (Wildman–Crippen MR) is 107 cm³/mol. The van der Waals surface area contributed by atoms with Crippen LogP contribution in [0.1, 0.15) is 27.2 Å². The number of carbonyl (C=O) groups is 1. The van der Waals surface area contributed by atoms with Crippen LogP contribution in [0.15, 0.2) is 72.9 Å². The van der Waals surface area contributed by atoms with Crippen molar-refractivity contribution in [1.29, 1.82) is 0 Å². The van der Waals surface area contributed by atoms with Crippen LogP contribution in [-0.2, 0) is 20.0 Å². The zero-order valence-corrected chi connectivity index (χ0v) is 15.1. The third-order valence-electron chi connectivity index (χ3n) is 5.36. The average molecular weight is 353 g/mol. The number of para-hydroxylation sites is 1. The third-order valence-corrected chi connectivity index (χ3v) is 5.36. The fourth-order valence-corrected chi connectivity index (χ4v) is 3.89. The maximum absolute atomic E-state index is 13.5. The molecule has 0 unspecified atom stereocenters. The lowest BCUT2D eigenvalue weighted by Crippen LogP contribution is -2.30. The highest BCUT2D eigenvalue weighted by atomic mass is 16.2. The summed E-state index contributed by atoms with van der Waals surface area (Å²) in [5.74, 6) is 0.0184. The molecule has 2 heterocycles. The van der Waals surface area contributed by atoms with Crippen molar-refractivity contribution in [1.82, 2.24) is 9.78 Å². The fraction of sp³-hybridized carbons (Fsp3) is 0.130. The first-order valence-corrected chi connectivity index (χ1v) is 9.09. The lowest BCUT2D eigenvalue weighted by Gasteiger charge is -2.23. The average Bonchev–Trinajstić information content (AvgIpc) is 2.96. The Kier molecular flexibility index (Phi) is 3.57. The Morgan fingerprint density at radius 2 is 1.70 bits per heavy atom. The summed E-state index contributed by atoms with van der Waals surface area (Å²) in [5, 5.41) is 6.62. The highest BCUT2D eigenvalue weighted by Gasteiger charge is 2.26. The van der Waals surface area contributed by atoms with Crippen molar-refractivity contribution in [2.24, 2.45) is 7.05 Å². The zero-order chi connectivity index (χ0) is 18.4. The van der Waals surface area contributed by atoms with Gasteiger partial charge in [0.25, 0.3) is 5.91 Å². The van der Waals surface area contributed by atoms with Gasteiger partial charge in [0.05, 0.1) is 12.7 Å². The van der Waals surface area contributed by atoms with E-state index in [4.69, 9.17) is 0 Å². The number of rotatable bonds is 1. The monoisotopic (exact) mass is 353 g/mol. The summed E-state index contributed by atoms with van der Waals surface area (Å²) in [4.78, 5) is 15.4. The van der Waals surface area contributed by atoms with Gasteiger partial charge in [0.15, 0.2) is 0 Å². The Morgan fingerprint density at radius 1 is 0.926 bits per heavy atom. The summed E-state index contributed by atoms with van der Waals surface area (Å²) in [7, 11) is 1.96. The van der Waals surface area contributed by atoms with E-state index in [9.17, 15) is 4.79 Å². The molecular formula is C23H19N3O. The molecule has 0 atom stereocenters. The molecule has 4 nitrogen and oxygen atoms in total. The molecule has 1 amide bonds. The molecule has 0 aliphatic carbocycles. The number of nitrogens with zero attached hydrogens (tertiary/aromatic N) is 3. The van der Waals surface area contributed by atoms with Crippen molar-refractivity contribution in [2.75, 3.05) is 4.90 Å². The molecule has 0 fully saturated rings. The Morgan fingerprint density at radius 3 is 2.59 bits per heavy atom. The Labute approximate surface area is 157 Å². The van der Waals surface area contributed by atoms with Gasteiger partial charge >= 0.3 is 0 Å². The summed E-state index contributed by atoms with van der Waals surface area (Å²) in [6.45, 7) is 0.534. The number of amides is 1. The van der Waals surface area contributed by atoms with Crippen LogP contribution in [-0.4, -0.2) is 15.7 Å². The summed E-state index contributed by atoms with van der Waals surface area (Å²) in [6, 6.07) is 22.2. The first-order chi connectivity index (χ1) is 13.2. The second-order valence-electron chi connectivity index (χ2n) is 7.00. The van der Waals surface area contributed by atoms with E-state index in [1.807, 2.05) is 77.4 Å². The molecule has 3 aromatic carbocycles.